The quantitative estimate of drug-likeness (QED) is 0.473. The molecule has 13 heavy (non-hydrogen) atoms. The van der Waals surface area contributed by atoms with Crippen molar-refractivity contribution in [3.05, 3.63) is 12.2 Å². The lowest BCUT2D eigenvalue weighted by Crippen LogP contribution is -2.49. The number of hydrogen-bond acceptors (Lipinski definition) is 3. The summed E-state index contributed by atoms with van der Waals surface area (Å²) in [7, 11) is 1.41. The fourth-order valence-electron chi connectivity index (χ4n) is 0.797. The number of rotatable bonds is 2. The summed E-state index contributed by atoms with van der Waals surface area (Å²) in [5.41, 5.74) is -0.150. The van der Waals surface area contributed by atoms with Crippen LogP contribution in [0.15, 0.2) is 12.2 Å². The van der Waals surface area contributed by atoms with Gasteiger partial charge in [0, 0.05) is 17.7 Å². The molecule has 0 saturated heterocycles. The molecule has 0 spiro atoms. The molecule has 69 valence electrons. The molecule has 2 amide bonds. The molecule has 0 fully saturated rings. The number of nitrogens with one attached hydrogen (secondary N) is 1. The first-order valence-corrected chi connectivity index (χ1v) is 4.06. The van der Waals surface area contributed by atoms with Crippen molar-refractivity contribution >= 4 is 19.4 Å². The summed E-state index contributed by atoms with van der Waals surface area (Å²) in [5.74, 6) is -0.608. The predicted molar refractivity (Wildman–Crippen MR) is 49.6 cm³/mol. The SMILES string of the molecule is CC(C)(C)N[B]N1C(=O)C=CC1=O. The minimum absolute atomic E-state index is 0.150. The Labute approximate surface area is 78.3 Å². The Bertz CT molecular complexity index is 250. The van der Waals surface area contributed by atoms with Crippen molar-refractivity contribution in [3.8, 4) is 0 Å². The molecule has 0 aromatic rings. The van der Waals surface area contributed by atoms with Gasteiger partial charge in [0.15, 0.2) is 0 Å². The van der Waals surface area contributed by atoms with Crippen molar-refractivity contribution in [1.29, 1.82) is 0 Å². The lowest BCUT2D eigenvalue weighted by molar-refractivity contribution is -0.131. The third kappa shape index (κ3) is 2.70. The van der Waals surface area contributed by atoms with E-state index in [1.807, 2.05) is 20.8 Å². The second-order valence-electron chi connectivity index (χ2n) is 3.90. The van der Waals surface area contributed by atoms with Crippen LogP contribution in [0.1, 0.15) is 20.8 Å². The van der Waals surface area contributed by atoms with Crippen molar-refractivity contribution in [3.63, 3.8) is 0 Å². The van der Waals surface area contributed by atoms with E-state index in [0.717, 1.165) is 4.81 Å². The van der Waals surface area contributed by atoms with Crippen molar-refractivity contribution in [2.24, 2.45) is 0 Å². The van der Waals surface area contributed by atoms with E-state index in [1.165, 1.54) is 19.7 Å². The Hall–Kier alpha value is -1.10. The zero-order valence-electron chi connectivity index (χ0n) is 8.00. The van der Waals surface area contributed by atoms with Gasteiger partial charge in [0.25, 0.3) is 0 Å². The fraction of sp³-hybridized carbons (Fsp3) is 0.500. The Morgan fingerprint density at radius 2 is 1.69 bits per heavy atom. The molecule has 1 heterocycles. The van der Waals surface area contributed by atoms with E-state index in [-0.39, 0.29) is 17.4 Å². The highest BCUT2D eigenvalue weighted by Crippen LogP contribution is 2.03. The molecule has 1 aliphatic heterocycles. The highest BCUT2D eigenvalue weighted by molar-refractivity contribution is 6.44. The molecule has 1 aliphatic rings. The average molecular weight is 179 g/mol. The van der Waals surface area contributed by atoms with E-state index in [9.17, 15) is 9.59 Å². The number of amides is 2. The molecule has 1 rings (SSSR count). The molecule has 0 unspecified atom stereocenters. The zero-order chi connectivity index (χ0) is 10.1. The van der Waals surface area contributed by atoms with Crippen LogP contribution in [0.2, 0.25) is 0 Å². The summed E-state index contributed by atoms with van der Waals surface area (Å²) in [6.07, 6.45) is 2.51. The van der Waals surface area contributed by atoms with E-state index < -0.39 is 0 Å². The monoisotopic (exact) mass is 179 g/mol. The molecular weight excluding hydrogens is 167 g/mol. The molecule has 1 radical (unpaired) electrons. The van der Waals surface area contributed by atoms with E-state index in [0.29, 0.717) is 0 Å². The first-order chi connectivity index (χ1) is 5.90. The maximum absolute atomic E-state index is 11.0. The Morgan fingerprint density at radius 1 is 1.23 bits per heavy atom. The second-order valence-corrected chi connectivity index (χ2v) is 3.90. The Kier molecular flexibility index (Phi) is 2.56. The van der Waals surface area contributed by atoms with Gasteiger partial charge in [0.05, 0.1) is 0 Å². The summed E-state index contributed by atoms with van der Waals surface area (Å²) < 4.78 is 0. The van der Waals surface area contributed by atoms with Crippen LogP contribution in [0.5, 0.6) is 0 Å². The Morgan fingerprint density at radius 3 is 2.08 bits per heavy atom. The minimum Gasteiger partial charge on any atom is -0.335 e. The number of carbonyl (C=O) groups excluding carboxylic acids is 2. The first-order valence-electron chi connectivity index (χ1n) is 4.06. The maximum atomic E-state index is 11.0. The third-order valence-electron chi connectivity index (χ3n) is 1.47. The van der Waals surface area contributed by atoms with E-state index in [4.69, 9.17) is 0 Å². The summed E-state index contributed by atoms with van der Waals surface area (Å²) in [6.45, 7) is 5.84. The highest BCUT2D eigenvalue weighted by Gasteiger charge is 2.25. The normalized spacial score (nSPS) is 17.0. The maximum Gasteiger partial charge on any atom is 0.360 e. The Balaban J connectivity index is 2.47. The van der Waals surface area contributed by atoms with E-state index >= 15 is 0 Å². The lowest BCUT2D eigenvalue weighted by Gasteiger charge is -2.22. The third-order valence-corrected chi connectivity index (χ3v) is 1.47. The standard InChI is InChI=1S/C8H12BN2O2/c1-8(2,3)10-9-11-6(12)4-5-7(11)13/h4-5,10H,1-3H3. The van der Waals surface area contributed by atoms with Gasteiger partial charge in [-0.25, -0.2) is 0 Å². The summed E-state index contributed by atoms with van der Waals surface area (Å²) >= 11 is 0. The van der Waals surface area contributed by atoms with Gasteiger partial charge in [-0.1, -0.05) is 0 Å². The smallest absolute Gasteiger partial charge is 0.335 e. The van der Waals surface area contributed by atoms with Crippen LogP contribution >= 0.6 is 0 Å². The molecule has 0 saturated carbocycles. The van der Waals surface area contributed by atoms with Crippen molar-refractivity contribution in [2.45, 2.75) is 26.3 Å². The van der Waals surface area contributed by atoms with E-state index in [1.54, 1.807) is 0 Å². The molecule has 5 heteroatoms. The summed E-state index contributed by atoms with van der Waals surface area (Å²) in [4.78, 5) is 23.1. The molecule has 0 aromatic heterocycles. The lowest BCUT2D eigenvalue weighted by atomic mass is 9.99. The van der Waals surface area contributed by atoms with Crippen molar-refractivity contribution < 1.29 is 9.59 Å². The average Bonchev–Trinajstić information content (AvgIpc) is 2.27. The largest absolute Gasteiger partial charge is 0.360 e. The van der Waals surface area contributed by atoms with Crippen LogP contribution in [-0.4, -0.2) is 29.7 Å². The van der Waals surface area contributed by atoms with Gasteiger partial charge < -0.3 is 10.0 Å². The second kappa shape index (κ2) is 3.34. The topological polar surface area (TPSA) is 49.4 Å². The van der Waals surface area contributed by atoms with Crippen LogP contribution in [0.4, 0.5) is 0 Å². The number of imide groups is 1. The number of hydrogen-bond donors (Lipinski definition) is 1. The van der Waals surface area contributed by atoms with Gasteiger partial charge in [-0.2, -0.15) is 0 Å². The molecular formula is C8H12BN2O2. The van der Waals surface area contributed by atoms with Gasteiger partial charge in [-0.05, 0) is 20.8 Å². The highest BCUT2D eigenvalue weighted by atomic mass is 16.2. The summed E-state index contributed by atoms with van der Waals surface area (Å²) in [6, 6.07) is 0. The molecule has 0 bridgehead atoms. The van der Waals surface area contributed by atoms with Gasteiger partial charge in [-0.15, -0.1) is 0 Å². The first kappa shape index (κ1) is 9.99. The fourth-order valence-corrected chi connectivity index (χ4v) is 0.797. The summed E-state index contributed by atoms with van der Waals surface area (Å²) in [5, 5.41) is 2.94. The van der Waals surface area contributed by atoms with Crippen LogP contribution in [0.3, 0.4) is 0 Å². The number of nitrogens with zero attached hydrogens (tertiary/aromatic N) is 1. The van der Waals surface area contributed by atoms with Crippen LogP contribution in [0, 0.1) is 0 Å². The van der Waals surface area contributed by atoms with Gasteiger partial charge >= 0.3 is 7.55 Å². The molecule has 1 N–H and O–H groups in total. The molecule has 0 aromatic carbocycles. The number of carbonyl (C=O) groups is 2. The van der Waals surface area contributed by atoms with Crippen LogP contribution in [0.25, 0.3) is 0 Å². The molecule has 4 nitrogen and oxygen atoms in total. The van der Waals surface area contributed by atoms with E-state index in [2.05, 4.69) is 5.23 Å². The van der Waals surface area contributed by atoms with Gasteiger partial charge in [0.2, 0.25) is 11.8 Å². The van der Waals surface area contributed by atoms with Crippen LogP contribution in [-0.2, 0) is 9.59 Å². The van der Waals surface area contributed by atoms with Gasteiger partial charge in [-0.3, -0.25) is 9.59 Å². The van der Waals surface area contributed by atoms with Crippen molar-refractivity contribution in [1.82, 2.24) is 10.0 Å². The zero-order valence-corrected chi connectivity index (χ0v) is 8.00. The minimum atomic E-state index is -0.304. The van der Waals surface area contributed by atoms with Gasteiger partial charge in [0.1, 0.15) is 0 Å². The predicted octanol–water partition coefficient (Wildman–Crippen LogP) is -0.166. The molecule has 0 atom stereocenters. The molecule has 0 aliphatic carbocycles. The van der Waals surface area contributed by atoms with Crippen LogP contribution < -0.4 is 5.23 Å². The van der Waals surface area contributed by atoms with Crippen molar-refractivity contribution in [2.75, 3.05) is 0 Å².